The van der Waals surface area contributed by atoms with Gasteiger partial charge in [-0.1, -0.05) is 30.3 Å². The molecule has 2 aromatic heterocycles. The minimum absolute atomic E-state index is 0.0342. The third-order valence-electron chi connectivity index (χ3n) is 4.36. The number of piperidine rings is 1. The zero-order valence-corrected chi connectivity index (χ0v) is 17.6. The standard InChI is InChI=1S/C21H27N3O2S2/c25-20(17-28-21-8-2-3-10-23-21)22-9-4-7-13-26-18-14-19(27-16-18)15-24-11-5-1-6-12-24/h2-4,8-10,14,16H,1,5-7,11-13,15,17H2,(H,22,25)/b9-4-. The van der Waals surface area contributed by atoms with Crippen molar-refractivity contribution in [2.24, 2.45) is 0 Å². The van der Waals surface area contributed by atoms with E-state index in [1.54, 1.807) is 23.7 Å². The highest BCUT2D eigenvalue weighted by atomic mass is 32.2. The third kappa shape index (κ3) is 7.66. The number of aromatic nitrogens is 1. The van der Waals surface area contributed by atoms with Gasteiger partial charge in [0.1, 0.15) is 5.75 Å². The Labute approximate surface area is 175 Å². The van der Waals surface area contributed by atoms with E-state index in [4.69, 9.17) is 4.74 Å². The molecular weight excluding hydrogens is 390 g/mol. The predicted molar refractivity (Wildman–Crippen MR) is 116 cm³/mol. The fourth-order valence-corrected chi connectivity index (χ4v) is 4.47. The minimum atomic E-state index is -0.0342. The van der Waals surface area contributed by atoms with Crippen molar-refractivity contribution >= 4 is 29.0 Å². The van der Waals surface area contributed by atoms with Crippen LogP contribution in [0.5, 0.6) is 5.75 Å². The summed E-state index contributed by atoms with van der Waals surface area (Å²) in [5, 5.41) is 5.71. The maximum Gasteiger partial charge on any atom is 0.234 e. The van der Waals surface area contributed by atoms with Crippen molar-refractivity contribution in [1.82, 2.24) is 15.2 Å². The first-order chi connectivity index (χ1) is 13.8. The van der Waals surface area contributed by atoms with Crippen LogP contribution in [0.25, 0.3) is 0 Å². The molecule has 0 spiro atoms. The molecule has 1 aliphatic heterocycles. The van der Waals surface area contributed by atoms with Crippen LogP contribution in [0.2, 0.25) is 0 Å². The first-order valence-corrected chi connectivity index (χ1v) is 11.6. The van der Waals surface area contributed by atoms with Crippen molar-refractivity contribution < 1.29 is 9.53 Å². The van der Waals surface area contributed by atoms with Gasteiger partial charge in [0.05, 0.1) is 17.4 Å². The fraction of sp³-hybridized carbons (Fsp3) is 0.429. The average Bonchev–Trinajstić information content (AvgIpc) is 3.17. The highest BCUT2D eigenvalue weighted by Crippen LogP contribution is 2.24. The fourth-order valence-electron chi connectivity index (χ4n) is 2.95. The molecule has 3 rings (SSSR count). The molecule has 0 aromatic carbocycles. The molecule has 5 nitrogen and oxygen atoms in total. The molecule has 0 bridgehead atoms. The van der Waals surface area contributed by atoms with E-state index in [2.05, 4.69) is 26.6 Å². The molecule has 150 valence electrons. The first-order valence-electron chi connectivity index (χ1n) is 9.70. The number of rotatable bonds is 10. The molecule has 0 atom stereocenters. The molecular formula is C21H27N3O2S2. The normalized spacial score (nSPS) is 15.0. The number of nitrogens with zero attached hydrogens (tertiary/aromatic N) is 2. The van der Waals surface area contributed by atoms with E-state index in [1.165, 1.54) is 49.0 Å². The second-order valence-electron chi connectivity index (χ2n) is 6.65. The maximum atomic E-state index is 11.8. The average molecular weight is 418 g/mol. The van der Waals surface area contributed by atoms with E-state index in [0.29, 0.717) is 12.4 Å². The highest BCUT2D eigenvalue weighted by Gasteiger charge is 2.11. The van der Waals surface area contributed by atoms with Crippen molar-refractivity contribution in [2.75, 3.05) is 25.4 Å². The second kappa shape index (κ2) is 11.9. The smallest absolute Gasteiger partial charge is 0.234 e. The lowest BCUT2D eigenvalue weighted by molar-refractivity contribution is -0.117. The number of hydrogen-bond acceptors (Lipinski definition) is 6. The largest absolute Gasteiger partial charge is 0.492 e. The van der Waals surface area contributed by atoms with Crippen LogP contribution in [0.15, 0.2) is 53.1 Å². The Morgan fingerprint density at radius 2 is 2.21 bits per heavy atom. The van der Waals surface area contributed by atoms with Crippen molar-refractivity contribution in [2.45, 2.75) is 37.3 Å². The van der Waals surface area contributed by atoms with Crippen LogP contribution < -0.4 is 10.1 Å². The summed E-state index contributed by atoms with van der Waals surface area (Å²) in [4.78, 5) is 19.9. The van der Waals surface area contributed by atoms with Crippen LogP contribution in [0.3, 0.4) is 0 Å². The van der Waals surface area contributed by atoms with Crippen molar-refractivity contribution in [3.63, 3.8) is 0 Å². The number of amides is 1. The molecule has 1 fully saturated rings. The molecule has 1 N–H and O–H groups in total. The van der Waals surface area contributed by atoms with Gasteiger partial charge in [0.25, 0.3) is 0 Å². The summed E-state index contributed by atoms with van der Waals surface area (Å²) in [6.45, 7) is 4.07. The third-order valence-corrected chi connectivity index (χ3v) is 6.21. The molecule has 1 aliphatic rings. The van der Waals surface area contributed by atoms with E-state index in [-0.39, 0.29) is 5.91 Å². The molecule has 0 unspecified atom stereocenters. The van der Waals surface area contributed by atoms with Crippen LogP contribution in [-0.2, 0) is 11.3 Å². The Bertz CT molecular complexity index is 743. The van der Waals surface area contributed by atoms with Crippen molar-refractivity contribution in [1.29, 1.82) is 0 Å². The highest BCUT2D eigenvalue weighted by molar-refractivity contribution is 7.99. The van der Waals surface area contributed by atoms with Gasteiger partial charge in [0, 0.05) is 29.4 Å². The number of nitrogens with one attached hydrogen (secondary N) is 1. The summed E-state index contributed by atoms with van der Waals surface area (Å²) in [6.07, 6.45) is 10.1. The minimum Gasteiger partial charge on any atom is -0.492 e. The number of hydrogen-bond donors (Lipinski definition) is 1. The summed E-state index contributed by atoms with van der Waals surface area (Å²) in [6, 6.07) is 7.82. The zero-order valence-electron chi connectivity index (χ0n) is 16.0. The van der Waals surface area contributed by atoms with Gasteiger partial charge in [-0.15, -0.1) is 11.3 Å². The lowest BCUT2D eigenvalue weighted by atomic mass is 10.1. The van der Waals surface area contributed by atoms with E-state index >= 15 is 0 Å². The summed E-state index contributed by atoms with van der Waals surface area (Å²) in [5.41, 5.74) is 0. The van der Waals surface area contributed by atoms with Gasteiger partial charge in [-0.2, -0.15) is 0 Å². The van der Waals surface area contributed by atoms with Gasteiger partial charge in [-0.25, -0.2) is 4.98 Å². The molecule has 0 saturated carbocycles. The van der Waals surface area contributed by atoms with Crippen LogP contribution in [0, 0.1) is 0 Å². The molecule has 28 heavy (non-hydrogen) atoms. The molecule has 1 saturated heterocycles. The number of carbonyl (C=O) groups excluding carboxylic acids is 1. The lowest BCUT2D eigenvalue weighted by Gasteiger charge is -2.25. The number of thiophene rings is 1. The van der Waals surface area contributed by atoms with Gasteiger partial charge < -0.3 is 10.1 Å². The number of carbonyl (C=O) groups is 1. The quantitative estimate of drug-likeness (QED) is 0.461. The molecule has 1 amide bonds. The van der Waals surface area contributed by atoms with Gasteiger partial charge >= 0.3 is 0 Å². The number of pyridine rings is 1. The summed E-state index contributed by atoms with van der Waals surface area (Å²) < 4.78 is 5.80. The summed E-state index contributed by atoms with van der Waals surface area (Å²) in [7, 11) is 0. The Kier molecular flexibility index (Phi) is 8.87. The van der Waals surface area contributed by atoms with Crippen LogP contribution in [-0.4, -0.2) is 41.2 Å². The molecule has 0 radical (unpaired) electrons. The molecule has 3 heterocycles. The molecule has 0 aliphatic carbocycles. The van der Waals surface area contributed by atoms with E-state index in [9.17, 15) is 4.79 Å². The molecule has 2 aromatic rings. The number of thioether (sulfide) groups is 1. The van der Waals surface area contributed by atoms with Crippen LogP contribution in [0.1, 0.15) is 30.6 Å². The van der Waals surface area contributed by atoms with Crippen molar-refractivity contribution in [3.05, 3.63) is 53.0 Å². The van der Waals surface area contributed by atoms with Gasteiger partial charge in [0.15, 0.2) is 0 Å². The second-order valence-corrected chi connectivity index (χ2v) is 8.64. The number of likely N-dealkylation sites (tertiary alicyclic amines) is 1. The van der Waals surface area contributed by atoms with Crippen LogP contribution >= 0.6 is 23.1 Å². The van der Waals surface area contributed by atoms with E-state index < -0.39 is 0 Å². The monoisotopic (exact) mass is 417 g/mol. The summed E-state index contributed by atoms with van der Waals surface area (Å²) >= 11 is 3.19. The number of ether oxygens (including phenoxy) is 1. The van der Waals surface area contributed by atoms with E-state index in [1.807, 2.05) is 24.3 Å². The first kappa shape index (κ1) is 20.9. The SMILES string of the molecule is O=C(CSc1ccccn1)N/C=C\CCOc1csc(CN2CCCCC2)c1. The molecule has 7 heteroatoms. The Hall–Kier alpha value is -1.83. The zero-order chi connectivity index (χ0) is 19.4. The Morgan fingerprint density at radius 3 is 3.04 bits per heavy atom. The lowest BCUT2D eigenvalue weighted by Crippen LogP contribution is -2.28. The Morgan fingerprint density at radius 1 is 1.32 bits per heavy atom. The van der Waals surface area contributed by atoms with Crippen LogP contribution in [0.4, 0.5) is 0 Å². The maximum absolute atomic E-state index is 11.8. The van der Waals surface area contributed by atoms with Gasteiger partial charge in [0.2, 0.25) is 5.91 Å². The summed E-state index contributed by atoms with van der Waals surface area (Å²) in [5.74, 6) is 1.27. The topological polar surface area (TPSA) is 54.5 Å². The van der Waals surface area contributed by atoms with Crippen molar-refractivity contribution in [3.8, 4) is 5.75 Å². The van der Waals surface area contributed by atoms with E-state index in [0.717, 1.165) is 23.7 Å². The van der Waals surface area contributed by atoms with Gasteiger partial charge in [-0.3, -0.25) is 9.69 Å². The Balaban J connectivity index is 1.26. The predicted octanol–water partition coefficient (Wildman–Crippen LogP) is 4.32. The van der Waals surface area contributed by atoms with Gasteiger partial charge in [-0.05, 0) is 50.3 Å².